The van der Waals surface area contributed by atoms with E-state index in [1.165, 1.54) is 5.56 Å². The number of fused-ring (bicyclic) bond motifs is 1. The zero-order chi connectivity index (χ0) is 17.8. The van der Waals surface area contributed by atoms with Crippen molar-refractivity contribution in [3.05, 3.63) is 59.9 Å². The maximum absolute atomic E-state index is 12.6. The normalized spacial score (nSPS) is 12.0. The molecular formula is C20H21N3O2. The summed E-state index contributed by atoms with van der Waals surface area (Å²) in [5.74, 6) is 0.574. The Bertz CT molecular complexity index is 908. The number of anilines is 1. The smallest absolute Gasteiger partial charge is 0.265 e. The van der Waals surface area contributed by atoms with E-state index in [1.54, 1.807) is 12.4 Å². The maximum atomic E-state index is 12.6. The number of nitrogens with one attached hydrogen (secondary N) is 1. The molecule has 0 aliphatic rings. The molecule has 3 aromatic rings. The summed E-state index contributed by atoms with van der Waals surface area (Å²) >= 11 is 0. The maximum Gasteiger partial charge on any atom is 0.265 e. The number of amides is 1. The Morgan fingerprint density at radius 1 is 1.08 bits per heavy atom. The topological polar surface area (TPSA) is 64.1 Å². The van der Waals surface area contributed by atoms with Gasteiger partial charge in [-0.05, 0) is 44.0 Å². The van der Waals surface area contributed by atoms with Gasteiger partial charge in [-0.3, -0.25) is 4.79 Å². The molecule has 0 bridgehead atoms. The first-order chi connectivity index (χ1) is 12.1. The molecule has 5 heteroatoms. The monoisotopic (exact) mass is 335 g/mol. The molecule has 0 aliphatic heterocycles. The molecule has 3 rings (SSSR count). The van der Waals surface area contributed by atoms with E-state index in [2.05, 4.69) is 15.5 Å². The van der Waals surface area contributed by atoms with Crippen LogP contribution in [-0.2, 0) is 4.79 Å². The second-order valence-corrected chi connectivity index (χ2v) is 6.11. The number of carbonyl (C=O) groups is 1. The van der Waals surface area contributed by atoms with Crippen LogP contribution >= 0.6 is 0 Å². The van der Waals surface area contributed by atoms with Gasteiger partial charge in [-0.1, -0.05) is 30.7 Å². The lowest BCUT2D eigenvalue weighted by molar-refractivity contribution is -0.122. The van der Waals surface area contributed by atoms with Crippen LogP contribution in [0.1, 0.15) is 24.5 Å². The van der Waals surface area contributed by atoms with E-state index in [9.17, 15) is 4.79 Å². The average molecular weight is 335 g/mol. The summed E-state index contributed by atoms with van der Waals surface area (Å²) in [4.78, 5) is 12.6. The third-order valence-electron chi connectivity index (χ3n) is 4.08. The summed E-state index contributed by atoms with van der Waals surface area (Å²) in [6.45, 7) is 5.95. The Balaban J connectivity index is 1.74. The van der Waals surface area contributed by atoms with Crippen molar-refractivity contribution in [3.63, 3.8) is 0 Å². The molecule has 25 heavy (non-hydrogen) atoms. The Kier molecular flexibility index (Phi) is 4.93. The molecular weight excluding hydrogens is 314 g/mol. The second-order valence-electron chi connectivity index (χ2n) is 6.11. The van der Waals surface area contributed by atoms with Gasteiger partial charge in [-0.25, -0.2) is 0 Å². The van der Waals surface area contributed by atoms with Crippen LogP contribution in [0, 0.1) is 13.8 Å². The summed E-state index contributed by atoms with van der Waals surface area (Å²) in [5, 5.41) is 12.5. The molecule has 0 radical (unpaired) electrons. The fourth-order valence-corrected chi connectivity index (χ4v) is 2.70. The van der Waals surface area contributed by atoms with Gasteiger partial charge in [0.05, 0.1) is 12.4 Å². The Hall–Kier alpha value is -2.95. The van der Waals surface area contributed by atoms with Gasteiger partial charge >= 0.3 is 0 Å². The number of aromatic nitrogens is 2. The van der Waals surface area contributed by atoms with Crippen molar-refractivity contribution in [2.45, 2.75) is 33.3 Å². The van der Waals surface area contributed by atoms with Gasteiger partial charge in [0.25, 0.3) is 5.91 Å². The average Bonchev–Trinajstić information content (AvgIpc) is 2.61. The van der Waals surface area contributed by atoms with Crippen LogP contribution < -0.4 is 10.1 Å². The molecule has 1 amide bonds. The molecule has 2 aromatic carbocycles. The van der Waals surface area contributed by atoms with Crippen LogP contribution in [-0.4, -0.2) is 22.2 Å². The number of rotatable bonds is 5. The van der Waals surface area contributed by atoms with Crippen LogP contribution in [0.5, 0.6) is 5.75 Å². The highest BCUT2D eigenvalue weighted by Crippen LogP contribution is 2.22. The zero-order valence-electron chi connectivity index (χ0n) is 14.6. The SMILES string of the molecule is CCC(Oc1ccc(C)cc1C)C(=O)Nc1ccc2cnncc2c1. The highest BCUT2D eigenvalue weighted by Gasteiger charge is 2.19. The Morgan fingerprint density at radius 2 is 1.84 bits per heavy atom. The van der Waals surface area contributed by atoms with E-state index in [0.717, 1.165) is 22.1 Å². The van der Waals surface area contributed by atoms with Gasteiger partial charge in [0.1, 0.15) is 5.75 Å². The van der Waals surface area contributed by atoms with Crippen LogP contribution in [0.25, 0.3) is 10.8 Å². The van der Waals surface area contributed by atoms with Crippen molar-refractivity contribution < 1.29 is 9.53 Å². The third kappa shape index (κ3) is 3.94. The van der Waals surface area contributed by atoms with Gasteiger partial charge in [0.15, 0.2) is 6.10 Å². The van der Waals surface area contributed by atoms with Gasteiger partial charge in [-0.2, -0.15) is 10.2 Å². The van der Waals surface area contributed by atoms with Crippen molar-refractivity contribution in [1.29, 1.82) is 0 Å². The minimum Gasteiger partial charge on any atom is -0.480 e. The summed E-state index contributed by atoms with van der Waals surface area (Å²) in [5.41, 5.74) is 2.91. The number of hydrogen-bond donors (Lipinski definition) is 1. The van der Waals surface area contributed by atoms with E-state index in [1.807, 2.05) is 57.2 Å². The number of carbonyl (C=O) groups excluding carboxylic acids is 1. The molecule has 1 N–H and O–H groups in total. The van der Waals surface area contributed by atoms with E-state index in [-0.39, 0.29) is 5.91 Å². The predicted octanol–water partition coefficient (Wildman–Crippen LogP) is 4.04. The minimum absolute atomic E-state index is 0.163. The summed E-state index contributed by atoms with van der Waals surface area (Å²) in [7, 11) is 0. The van der Waals surface area contributed by atoms with Crippen molar-refractivity contribution in [2.75, 3.05) is 5.32 Å². The molecule has 1 atom stereocenters. The third-order valence-corrected chi connectivity index (χ3v) is 4.08. The molecule has 0 saturated heterocycles. The summed E-state index contributed by atoms with van der Waals surface area (Å²) in [6, 6.07) is 11.6. The van der Waals surface area contributed by atoms with Gasteiger partial charge in [0, 0.05) is 16.5 Å². The molecule has 0 saturated carbocycles. The van der Waals surface area contributed by atoms with E-state index in [0.29, 0.717) is 12.1 Å². The lowest BCUT2D eigenvalue weighted by atomic mass is 10.1. The molecule has 1 heterocycles. The number of benzene rings is 2. The highest BCUT2D eigenvalue weighted by molar-refractivity contribution is 5.96. The molecule has 1 unspecified atom stereocenters. The Morgan fingerprint density at radius 3 is 2.56 bits per heavy atom. The Labute approximate surface area is 147 Å². The number of hydrogen-bond acceptors (Lipinski definition) is 4. The summed E-state index contributed by atoms with van der Waals surface area (Å²) in [6.07, 6.45) is 3.40. The van der Waals surface area contributed by atoms with Crippen molar-refractivity contribution in [2.24, 2.45) is 0 Å². The quantitative estimate of drug-likeness (QED) is 0.764. The molecule has 0 spiro atoms. The van der Waals surface area contributed by atoms with Crippen LogP contribution in [0.3, 0.4) is 0 Å². The van der Waals surface area contributed by atoms with Gasteiger partial charge in [-0.15, -0.1) is 0 Å². The van der Waals surface area contributed by atoms with Crippen molar-refractivity contribution >= 4 is 22.4 Å². The summed E-state index contributed by atoms with van der Waals surface area (Å²) < 4.78 is 5.94. The standard InChI is InChI=1S/C20H21N3O2/c1-4-18(25-19-8-5-13(2)9-14(19)3)20(24)23-17-7-6-15-11-21-22-12-16(15)10-17/h5-12,18H,4H2,1-3H3,(H,23,24). The molecule has 0 aliphatic carbocycles. The molecule has 0 fully saturated rings. The lowest BCUT2D eigenvalue weighted by Gasteiger charge is -2.19. The fraction of sp³-hybridized carbons (Fsp3) is 0.250. The number of nitrogens with zero attached hydrogens (tertiary/aromatic N) is 2. The first-order valence-corrected chi connectivity index (χ1v) is 8.32. The van der Waals surface area contributed by atoms with E-state index >= 15 is 0 Å². The first kappa shape index (κ1) is 16.9. The number of aryl methyl sites for hydroxylation is 2. The highest BCUT2D eigenvalue weighted by atomic mass is 16.5. The second kappa shape index (κ2) is 7.30. The predicted molar refractivity (Wildman–Crippen MR) is 98.8 cm³/mol. The largest absolute Gasteiger partial charge is 0.480 e. The number of ether oxygens (including phenoxy) is 1. The lowest BCUT2D eigenvalue weighted by Crippen LogP contribution is -2.32. The molecule has 128 valence electrons. The fourth-order valence-electron chi connectivity index (χ4n) is 2.70. The van der Waals surface area contributed by atoms with Crippen LogP contribution in [0.2, 0.25) is 0 Å². The first-order valence-electron chi connectivity index (χ1n) is 8.32. The molecule has 5 nitrogen and oxygen atoms in total. The van der Waals surface area contributed by atoms with Crippen LogP contribution in [0.4, 0.5) is 5.69 Å². The minimum atomic E-state index is -0.548. The zero-order valence-corrected chi connectivity index (χ0v) is 14.6. The van der Waals surface area contributed by atoms with Crippen molar-refractivity contribution in [3.8, 4) is 5.75 Å². The van der Waals surface area contributed by atoms with Gasteiger partial charge < -0.3 is 10.1 Å². The van der Waals surface area contributed by atoms with Gasteiger partial charge in [0.2, 0.25) is 0 Å². The molecule has 1 aromatic heterocycles. The van der Waals surface area contributed by atoms with Crippen LogP contribution in [0.15, 0.2) is 48.8 Å². The van der Waals surface area contributed by atoms with Crippen molar-refractivity contribution in [1.82, 2.24) is 10.2 Å². The van der Waals surface area contributed by atoms with E-state index < -0.39 is 6.10 Å². The van der Waals surface area contributed by atoms with E-state index in [4.69, 9.17) is 4.74 Å².